The molecule has 0 aromatic heterocycles. The van der Waals surface area contributed by atoms with Crippen molar-refractivity contribution < 1.29 is 17.4 Å². The van der Waals surface area contributed by atoms with E-state index in [4.69, 9.17) is 11.6 Å². The van der Waals surface area contributed by atoms with Crippen molar-refractivity contribution in [3.8, 4) is 0 Å². The van der Waals surface area contributed by atoms with Gasteiger partial charge in [-0.05, 0) is 0 Å². The molecule has 2 aromatic carbocycles. The molecular weight excluding hydrogens is 467 g/mol. The monoisotopic (exact) mass is 496 g/mol. The number of allylic oxidation sites excluding steroid dienone is 5. The van der Waals surface area contributed by atoms with Crippen molar-refractivity contribution >= 4 is 24.1 Å². The summed E-state index contributed by atoms with van der Waals surface area (Å²) in [7, 11) is 0. The molecule has 2 unspecified atom stereocenters. The molecule has 0 amide bonds. The van der Waals surface area contributed by atoms with Gasteiger partial charge in [-0.2, -0.15) is 0 Å². The molecule has 0 fully saturated rings. The maximum absolute atomic E-state index is 6.35. The van der Waals surface area contributed by atoms with E-state index in [0.29, 0.717) is 9.54 Å². The van der Waals surface area contributed by atoms with E-state index in [0.717, 1.165) is 5.02 Å². The molecule has 150 valence electrons. The number of fused-ring (bicyclic) bond motifs is 1. The average molecular weight is 498 g/mol. The van der Waals surface area contributed by atoms with E-state index in [2.05, 4.69) is 92.4 Å². The summed E-state index contributed by atoms with van der Waals surface area (Å²) in [4.78, 5) is 0. The summed E-state index contributed by atoms with van der Waals surface area (Å²) in [6.45, 7) is 11.8. The van der Waals surface area contributed by atoms with Crippen molar-refractivity contribution in [3.05, 3.63) is 96.3 Å². The fourth-order valence-electron chi connectivity index (χ4n) is 5.89. The first-order valence-corrected chi connectivity index (χ1v) is 24.4. The molecule has 0 nitrogen and oxygen atoms in total. The van der Waals surface area contributed by atoms with E-state index in [1.54, 1.807) is 14.4 Å². The van der Waals surface area contributed by atoms with E-state index in [-0.39, 0.29) is 0 Å². The van der Waals surface area contributed by atoms with Gasteiger partial charge in [0.05, 0.1) is 0 Å². The SMILES string of the molecule is CC1=C(C)C(C)[C]([Zr]([CH3])([CH3])(=[SiH2])[CH]2C=C(c3cccc(Cl)c3)c3ccccc32)=C1C. The van der Waals surface area contributed by atoms with Crippen LogP contribution < -0.4 is 0 Å². The Balaban J connectivity index is 1.94. The first-order chi connectivity index (χ1) is 13.5. The summed E-state index contributed by atoms with van der Waals surface area (Å²) in [6.07, 6.45) is 2.59. The van der Waals surface area contributed by atoms with Crippen molar-refractivity contribution in [2.45, 2.75) is 40.6 Å². The van der Waals surface area contributed by atoms with E-state index < -0.39 is 17.4 Å². The second-order valence-electron chi connectivity index (χ2n) is 10.0. The normalized spacial score (nSPS) is 22.3. The third kappa shape index (κ3) is 3.27. The molecule has 2 aliphatic carbocycles. The fraction of sp³-hybridized carbons (Fsp3) is 0.308. The zero-order valence-electron chi connectivity index (χ0n) is 18.4. The molecule has 0 saturated carbocycles. The number of halogens is 1. The maximum atomic E-state index is 6.35. The van der Waals surface area contributed by atoms with Gasteiger partial charge in [0, 0.05) is 0 Å². The van der Waals surface area contributed by atoms with Crippen LogP contribution in [0.3, 0.4) is 0 Å². The zero-order chi connectivity index (χ0) is 21.2. The van der Waals surface area contributed by atoms with Crippen LogP contribution in [0.2, 0.25) is 14.3 Å². The van der Waals surface area contributed by atoms with Crippen LogP contribution in [0, 0.1) is 5.92 Å². The second-order valence-corrected chi connectivity index (χ2v) is 40.0. The summed E-state index contributed by atoms with van der Waals surface area (Å²) in [5.41, 5.74) is 10.2. The van der Waals surface area contributed by atoms with E-state index in [9.17, 15) is 0 Å². The molecule has 29 heavy (non-hydrogen) atoms. The van der Waals surface area contributed by atoms with Crippen molar-refractivity contribution in [1.82, 2.24) is 0 Å². The Morgan fingerprint density at radius 3 is 2.24 bits per heavy atom. The van der Waals surface area contributed by atoms with Gasteiger partial charge in [-0.25, -0.2) is 0 Å². The third-order valence-corrected chi connectivity index (χ3v) is 25.1. The predicted molar refractivity (Wildman–Crippen MR) is 128 cm³/mol. The molecule has 2 aromatic rings. The molecule has 0 radical (unpaired) electrons. The Morgan fingerprint density at radius 1 is 0.931 bits per heavy atom. The minimum absolute atomic E-state index is 0.519. The van der Waals surface area contributed by atoms with Crippen LogP contribution in [-0.4, -0.2) is 6.88 Å². The predicted octanol–water partition coefficient (Wildman–Crippen LogP) is 7.42. The van der Waals surface area contributed by atoms with Crippen LogP contribution in [-0.2, 0) is 17.4 Å². The summed E-state index contributed by atoms with van der Waals surface area (Å²) in [6, 6.07) is 17.4. The third-order valence-electron chi connectivity index (χ3n) is 7.58. The zero-order valence-corrected chi connectivity index (χ0v) is 23.1. The van der Waals surface area contributed by atoms with E-state index >= 15 is 0 Å². The summed E-state index contributed by atoms with van der Waals surface area (Å²) < 4.78 is 7.65. The van der Waals surface area contributed by atoms with Gasteiger partial charge in [-0.1, -0.05) is 0 Å². The van der Waals surface area contributed by atoms with Crippen LogP contribution >= 0.6 is 11.6 Å². The van der Waals surface area contributed by atoms with Gasteiger partial charge in [-0.15, -0.1) is 0 Å². The Hall–Kier alpha value is -0.950. The quantitative estimate of drug-likeness (QED) is 0.387. The van der Waals surface area contributed by atoms with Crippen LogP contribution in [0.5, 0.6) is 0 Å². The summed E-state index contributed by atoms with van der Waals surface area (Å²) in [5, 5.41) is 0.804. The molecule has 2 aliphatic rings. The molecule has 3 heteroatoms. The van der Waals surface area contributed by atoms with Crippen molar-refractivity contribution in [2.24, 2.45) is 5.92 Å². The molecule has 2 atom stereocenters. The van der Waals surface area contributed by atoms with Gasteiger partial charge < -0.3 is 0 Å². The van der Waals surface area contributed by atoms with Gasteiger partial charge in [0.15, 0.2) is 0 Å². The molecule has 0 saturated heterocycles. The topological polar surface area (TPSA) is 0 Å². The molecule has 0 N–H and O–H groups in total. The fourth-order valence-corrected chi connectivity index (χ4v) is 24.6. The number of hydrogen-bond acceptors (Lipinski definition) is 0. The van der Waals surface area contributed by atoms with Crippen molar-refractivity contribution in [2.75, 3.05) is 0 Å². The second kappa shape index (κ2) is 7.04. The average Bonchev–Trinajstić information content (AvgIpc) is 3.15. The van der Waals surface area contributed by atoms with Crippen molar-refractivity contribution in [1.29, 1.82) is 0 Å². The summed E-state index contributed by atoms with van der Waals surface area (Å²) >= 11 is 3.02. The molecular formula is C26H31ClSiZr. The Morgan fingerprint density at radius 2 is 1.62 bits per heavy atom. The number of hydrogen-bond donors (Lipinski definition) is 0. The number of benzene rings is 2. The van der Waals surface area contributed by atoms with Crippen molar-refractivity contribution in [3.63, 3.8) is 0 Å². The van der Waals surface area contributed by atoms with Gasteiger partial charge in [-0.3, -0.25) is 0 Å². The first kappa shape index (κ1) is 21.3. The molecule has 0 heterocycles. The minimum atomic E-state index is -3.33. The molecule has 4 rings (SSSR count). The van der Waals surface area contributed by atoms with E-state index in [1.807, 2.05) is 6.07 Å². The molecule has 0 aliphatic heterocycles. The Kier molecular flexibility index (Phi) is 5.17. The molecule has 0 bridgehead atoms. The van der Waals surface area contributed by atoms with Gasteiger partial charge in [0.1, 0.15) is 0 Å². The molecule has 0 spiro atoms. The van der Waals surface area contributed by atoms with Gasteiger partial charge >= 0.3 is 184 Å². The summed E-state index contributed by atoms with van der Waals surface area (Å²) in [5.74, 6) is 0.573. The van der Waals surface area contributed by atoms with Crippen LogP contribution in [0.15, 0.2) is 74.6 Å². The Bertz CT molecular complexity index is 1190. The van der Waals surface area contributed by atoms with Crippen LogP contribution in [0.1, 0.15) is 48.0 Å². The standard InChI is InChI=1S/C15H10Cl.C9H13.2CH3.H2Si.Zr/c16-13-6-3-5-12(10-13)15-9-8-11-4-1-2-7-14(11)15;1-6-5-7(2)9(4)8(6)3;;;;/h1-10H;6H,1-4H3;2*1H3;1H2;. The van der Waals surface area contributed by atoms with E-state index in [1.165, 1.54) is 27.8 Å². The Labute approximate surface area is 183 Å². The van der Waals surface area contributed by atoms with Crippen LogP contribution in [0.4, 0.5) is 0 Å². The van der Waals surface area contributed by atoms with Gasteiger partial charge in [0.25, 0.3) is 0 Å². The first-order valence-electron chi connectivity index (χ1n) is 10.5. The van der Waals surface area contributed by atoms with Gasteiger partial charge in [0.2, 0.25) is 0 Å². The number of rotatable bonds is 3. The van der Waals surface area contributed by atoms with Crippen LogP contribution in [0.25, 0.3) is 5.57 Å².